The molecule has 0 aromatic heterocycles. The predicted molar refractivity (Wildman–Crippen MR) is 163 cm³/mol. The third-order valence-corrected chi connectivity index (χ3v) is 6.77. The van der Waals surface area contributed by atoms with Gasteiger partial charge in [0.25, 0.3) is 0 Å². The lowest BCUT2D eigenvalue weighted by Gasteiger charge is -2.27. The summed E-state index contributed by atoms with van der Waals surface area (Å²) >= 11 is 0. The second-order valence-electron chi connectivity index (χ2n) is 10.1. The topological polar surface area (TPSA) is 106 Å². The molecule has 3 aromatic carbocycles. The van der Waals surface area contributed by atoms with Gasteiger partial charge in [-0.2, -0.15) is 0 Å². The van der Waals surface area contributed by atoms with Crippen molar-refractivity contribution in [1.29, 1.82) is 0 Å². The van der Waals surface area contributed by atoms with Gasteiger partial charge in [-0.15, -0.1) is 0 Å². The van der Waals surface area contributed by atoms with Gasteiger partial charge >= 0.3 is 17.9 Å². The summed E-state index contributed by atoms with van der Waals surface area (Å²) in [6.45, 7) is 3.22. The van der Waals surface area contributed by atoms with Crippen molar-refractivity contribution in [2.75, 3.05) is 45.9 Å². The Labute approximate surface area is 254 Å². The standard InChI is InChI=1S/C34H42N2O7/c37-25-24-36(21-18-34(40)43-28-31-14-8-3-9-15-31)23-22-35(19-16-32(38)41-26-29-10-4-1-5-11-29)20-17-33(39)42-27-30-12-6-2-7-13-30/h1-15,37H,16-28H2. The number of esters is 3. The van der Waals surface area contributed by atoms with E-state index in [1.165, 1.54) is 0 Å². The summed E-state index contributed by atoms with van der Waals surface area (Å²) in [4.78, 5) is 41.2. The van der Waals surface area contributed by atoms with Gasteiger partial charge in [0.05, 0.1) is 25.9 Å². The number of hydrogen-bond donors (Lipinski definition) is 1. The van der Waals surface area contributed by atoms with E-state index in [-0.39, 0.29) is 63.6 Å². The molecule has 0 atom stereocenters. The summed E-state index contributed by atoms with van der Waals surface area (Å²) < 4.78 is 16.2. The van der Waals surface area contributed by atoms with E-state index in [0.29, 0.717) is 39.3 Å². The number of ether oxygens (including phenoxy) is 3. The normalized spacial score (nSPS) is 11.0. The molecule has 43 heavy (non-hydrogen) atoms. The molecular formula is C34H42N2O7. The molecule has 0 aliphatic heterocycles. The van der Waals surface area contributed by atoms with Crippen molar-refractivity contribution >= 4 is 17.9 Å². The monoisotopic (exact) mass is 590 g/mol. The van der Waals surface area contributed by atoms with Gasteiger partial charge in [-0.05, 0) is 16.7 Å². The van der Waals surface area contributed by atoms with Crippen LogP contribution in [0.15, 0.2) is 91.0 Å². The molecule has 0 saturated carbocycles. The minimum Gasteiger partial charge on any atom is -0.461 e. The molecule has 0 amide bonds. The molecule has 1 N–H and O–H groups in total. The van der Waals surface area contributed by atoms with Crippen LogP contribution in [0, 0.1) is 0 Å². The lowest BCUT2D eigenvalue weighted by Crippen LogP contribution is -2.39. The summed E-state index contributed by atoms with van der Waals surface area (Å²) in [5.74, 6) is -0.964. The molecule has 9 nitrogen and oxygen atoms in total. The van der Waals surface area contributed by atoms with E-state index < -0.39 is 0 Å². The molecule has 0 saturated heterocycles. The van der Waals surface area contributed by atoms with Crippen LogP contribution in [0.5, 0.6) is 0 Å². The fourth-order valence-electron chi connectivity index (χ4n) is 4.27. The van der Waals surface area contributed by atoms with E-state index in [0.717, 1.165) is 16.7 Å². The van der Waals surface area contributed by atoms with Gasteiger partial charge in [-0.25, -0.2) is 0 Å². The second-order valence-corrected chi connectivity index (χ2v) is 10.1. The van der Waals surface area contributed by atoms with Crippen molar-refractivity contribution in [2.45, 2.75) is 39.1 Å². The van der Waals surface area contributed by atoms with E-state index in [4.69, 9.17) is 14.2 Å². The SMILES string of the molecule is O=C(CCN(CCO)CCN(CCC(=O)OCc1ccccc1)CCC(=O)OCc1ccccc1)OCc1ccccc1. The van der Waals surface area contributed by atoms with E-state index >= 15 is 0 Å². The van der Waals surface area contributed by atoms with Gasteiger partial charge in [-0.3, -0.25) is 19.3 Å². The van der Waals surface area contributed by atoms with E-state index in [1.807, 2.05) is 101 Å². The first-order valence-corrected chi connectivity index (χ1v) is 14.7. The highest BCUT2D eigenvalue weighted by molar-refractivity contribution is 5.70. The van der Waals surface area contributed by atoms with Gasteiger partial charge in [0.2, 0.25) is 0 Å². The van der Waals surface area contributed by atoms with Crippen molar-refractivity contribution < 1.29 is 33.7 Å². The largest absolute Gasteiger partial charge is 0.461 e. The average Bonchev–Trinajstić information content (AvgIpc) is 3.05. The fraction of sp³-hybridized carbons (Fsp3) is 0.382. The number of carbonyl (C=O) groups excluding carboxylic acids is 3. The van der Waals surface area contributed by atoms with Crippen LogP contribution in [-0.4, -0.2) is 78.7 Å². The number of aliphatic hydroxyl groups excluding tert-OH is 1. The summed E-state index contributed by atoms with van der Waals surface area (Å²) in [5, 5.41) is 9.58. The van der Waals surface area contributed by atoms with Gasteiger partial charge in [0.1, 0.15) is 19.8 Å². The van der Waals surface area contributed by atoms with Crippen molar-refractivity contribution in [2.24, 2.45) is 0 Å². The second kappa shape index (κ2) is 20.0. The Bertz CT molecular complexity index is 1150. The van der Waals surface area contributed by atoms with Crippen LogP contribution in [0.25, 0.3) is 0 Å². The van der Waals surface area contributed by atoms with Crippen LogP contribution in [0.4, 0.5) is 0 Å². The molecule has 3 aromatic rings. The molecule has 0 bridgehead atoms. The smallest absolute Gasteiger partial charge is 0.307 e. The summed E-state index contributed by atoms with van der Waals surface area (Å²) in [6, 6.07) is 28.4. The fourth-order valence-corrected chi connectivity index (χ4v) is 4.27. The molecule has 0 spiro atoms. The zero-order chi connectivity index (χ0) is 30.5. The quantitative estimate of drug-likeness (QED) is 0.155. The molecule has 0 unspecified atom stereocenters. The van der Waals surface area contributed by atoms with Crippen molar-refractivity contribution in [3.05, 3.63) is 108 Å². The van der Waals surface area contributed by atoms with Crippen LogP contribution < -0.4 is 0 Å². The van der Waals surface area contributed by atoms with Crippen LogP contribution in [0.3, 0.4) is 0 Å². The molecule has 0 heterocycles. The minimum atomic E-state index is -0.325. The van der Waals surface area contributed by atoms with Gasteiger partial charge in [0.15, 0.2) is 0 Å². The number of nitrogens with zero attached hydrogens (tertiary/aromatic N) is 2. The van der Waals surface area contributed by atoms with Crippen LogP contribution in [-0.2, 0) is 48.4 Å². The van der Waals surface area contributed by atoms with Gasteiger partial charge < -0.3 is 24.2 Å². The van der Waals surface area contributed by atoms with Crippen LogP contribution in [0.1, 0.15) is 36.0 Å². The summed E-state index contributed by atoms with van der Waals surface area (Å²) in [7, 11) is 0. The number of hydrogen-bond acceptors (Lipinski definition) is 9. The van der Waals surface area contributed by atoms with E-state index in [9.17, 15) is 19.5 Å². The molecule has 3 rings (SSSR count). The van der Waals surface area contributed by atoms with Crippen molar-refractivity contribution in [3.63, 3.8) is 0 Å². The zero-order valence-corrected chi connectivity index (χ0v) is 24.6. The van der Waals surface area contributed by atoms with Crippen LogP contribution in [0.2, 0.25) is 0 Å². The molecule has 0 aliphatic carbocycles. The maximum absolute atomic E-state index is 12.5. The maximum Gasteiger partial charge on any atom is 0.307 e. The first kappa shape index (κ1) is 33.5. The first-order chi connectivity index (χ1) is 21.0. The molecular weight excluding hydrogens is 548 g/mol. The Hall–Kier alpha value is -4.05. The summed E-state index contributed by atoms with van der Waals surface area (Å²) in [5.41, 5.74) is 2.75. The van der Waals surface area contributed by atoms with E-state index in [1.54, 1.807) is 0 Å². The number of carbonyl (C=O) groups is 3. The number of rotatable bonds is 20. The highest BCUT2D eigenvalue weighted by atomic mass is 16.5. The Balaban J connectivity index is 1.47. The third kappa shape index (κ3) is 14.6. The molecule has 9 heteroatoms. The average molecular weight is 591 g/mol. The lowest BCUT2D eigenvalue weighted by molar-refractivity contribution is -0.147. The van der Waals surface area contributed by atoms with Crippen molar-refractivity contribution in [1.82, 2.24) is 9.80 Å². The van der Waals surface area contributed by atoms with Crippen molar-refractivity contribution in [3.8, 4) is 0 Å². The highest BCUT2D eigenvalue weighted by Crippen LogP contribution is 2.07. The highest BCUT2D eigenvalue weighted by Gasteiger charge is 2.16. The van der Waals surface area contributed by atoms with Gasteiger partial charge in [-0.1, -0.05) is 91.0 Å². The molecule has 230 valence electrons. The number of benzene rings is 3. The third-order valence-electron chi connectivity index (χ3n) is 6.77. The Morgan fingerprint density at radius 3 is 1.07 bits per heavy atom. The van der Waals surface area contributed by atoms with Gasteiger partial charge in [0, 0.05) is 39.3 Å². The van der Waals surface area contributed by atoms with E-state index in [2.05, 4.69) is 0 Å². The Morgan fingerprint density at radius 1 is 0.465 bits per heavy atom. The predicted octanol–water partition coefficient (Wildman–Crippen LogP) is 3.98. The maximum atomic E-state index is 12.5. The first-order valence-electron chi connectivity index (χ1n) is 14.7. The number of aliphatic hydroxyl groups is 1. The molecule has 0 fully saturated rings. The molecule has 0 radical (unpaired) electrons. The minimum absolute atomic E-state index is 0.0588. The zero-order valence-electron chi connectivity index (χ0n) is 24.6. The summed E-state index contributed by atoms with van der Waals surface area (Å²) in [6.07, 6.45) is 0.514. The Kier molecular flexibility index (Phi) is 15.5. The Morgan fingerprint density at radius 2 is 0.767 bits per heavy atom. The lowest BCUT2D eigenvalue weighted by atomic mass is 10.2. The van der Waals surface area contributed by atoms with Crippen LogP contribution >= 0.6 is 0 Å². The molecule has 0 aliphatic rings.